The normalized spacial score (nSPS) is 10.2. The summed E-state index contributed by atoms with van der Waals surface area (Å²) >= 11 is 0. The maximum Gasteiger partial charge on any atom is 0.270 e. The first-order chi connectivity index (χ1) is 13.6. The van der Waals surface area contributed by atoms with Gasteiger partial charge in [0.2, 0.25) is 0 Å². The third-order valence-corrected chi connectivity index (χ3v) is 3.49. The number of nitrogens with zero attached hydrogens (tertiary/aromatic N) is 1. The minimum absolute atomic E-state index is 0.390. The van der Waals surface area contributed by atoms with Gasteiger partial charge in [-0.3, -0.25) is 9.59 Å². The molecule has 2 N–H and O–H groups in total. The van der Waals surface area contributed by atoms with E-state index in [1.807, 2.05) is 0 Å². The zero-order valence-corrected chi connectivity index (χ0v) is 15.7. The molecule has 2 aromatic carbocycles. The van der Waals surface area contributed by atoms with Gasteiger partial charge >= 0.3 is 0 Å². The molecular formula is C19H21N3O6. The fraction of sp³-hybridized carbons (Fsp3) is 0.211. The van der Waals surface area contributed by atoms with Crippen LogP contribution in [0.25, 0.3) is 0 Å². The number of hydrogen-bond acceptors (Lipinski definition) is 7. The summed E-state index contributed by atoms with van der Waals surface area (Å²) < 4.78 is 15.4. The van der Waals surface area contributed by atoms with E-state index in [1.165, 1.54) is 21.3 Å². The Balaban J connectivity index is 1.84. The fourth-order valence-electron chi connectivity index (χ4n) is 2.19. The van der Waals surface area contributed by atoms with Crippen molar-refractivity contribution in [2.75, 3.05) is 38.6 Å². The van der Waals surface area contributed by atoms with Crippen LogP contribution >= 0.6 is 0 Å². The van der Waals surface area contributed by atoms with E-state index in [0.717, 1.165) is 6.21 Å². The molecule has 0 saturated heterocycles. The Kier molecular flexibility index (Phi) is 7.64. The van der Waals surface area contributed by atoms with Crippen LogP contribution in [0.15, 0.2) is 47.6 Å². The van der Waals surface area contributed by atoms with Gasteiger partial charge in [-0.2, -0.15) is 0 Å². The van der Waals surface area contributed by atoms with Crippen LogP contribution in [0.5, 0.6) is 17.2 Å². The Labute approximate surface area is 162 Å². The van der Waals surface area contributed by atoms with E-state index in [-0.39, 0.29) is 0 Å². The number of methoxy groups -OCH3 is 3. The van der Waals surface area contributed by atoms with Crippen molar-refractivity contribution in [1.29, 1.82) is 0 Å². The third-order valence-electron chi connectivity index (χ3n) is 3.49. The lowest BCUT2D eigenvalue weighted by Gasteiger charge is -2.11. The topological polar surface area (TPSA) is 107 Å². The van der Waals surface area contributed by atoms with Crippen molar-refractivity contribution in [3.05, 3.63) is 42.5 Å². The SMILES string of the molecule is COc1ccc(OC)c(NC(=O)CO/N=C\C(=O)Nc2ccccc2OC)c1. The number of hydrogen-bond donors (Lipinski definition) is 2. The summed E-state index contributed by atoms with van der Waals surface area (Å²) in [6.07, 6.45) is 0.922. The molecule has 0 aliphatic carbocycles. The van der Waals surface area contributed by atoms with Crippen LogP contribution in [0, 0.1) is 0 Å². The number of ether oxygens (including phenoxy) is 3. The molecule has 0 radical (unpaired) electrons. The van der Waals surface area contributed by atoms with Crippen molar-refractivity contribution in [2.45, 2.75) is 0 Å². The Morgan fingerprint density at radius 1 is 0.929 bits per heavy atom. The summed E-state index contributed by atoms with van der Waals surface area (Å²) in [5, 5.41) is 8.70. The monoisotopic (exact) mass is 387 g/mol. The number of anilines is 2. The van der Waals surface area contributed by atoms with Crippen molar-refractivity contribution < 1.29 is 28.6 Å². The number of carbonyl (C=O) groups is 2. The van der Waals surface area contributed by atoms with E-state index < -0.39 is 18.4 Å². The van der Waals surface area contributed by atoms with E-state index in [0.29, 0.717) is 28.6 Å². The van der Waals surface area contributed by atoms with Crippen LogP contribution in [-0.2, 0) is 14.4 Å². The molecule has 28 heavy (non-hydrogen) atoms. The number of amides is 2. The predicted octanol–water partition coefficient (Wildman–Crippen LogP) is 2.29. The molecule has 0 fully saturated rings. The molecule has 0 heterocycles. The van der Waals surface area contributed by atoms with Crippen LogP contribution in [0.2, 0.25) is 0 Å². The Hall–Kier alpha value is -3.75. The highest BCUT2D eigenvalue weighted by Crippen LogP contribution is 2.28. The number of benzene rings is 2. The molecule has 0 unspecified atom stereocenters. The Morgan fingerprint density at radius 3 is 2.36 bits per heavy atom. The van der Waals surface area contributed by atoms with Crippen molar-refractivity contribution in [3.8, 4) is 17.2 Å². The molecule has 0 aliphatic heterocycles. The molecule has 2 aromatic rings. The molecule has 0 spiro atoms. The maximum absolute atomic E-state index is 12.0. The summed E-state index contributed by atoms with van der Waals surface area (Å²) in [6, 6.07) is 11.9. The summed E-state index contributed by atoms with van der Waals surface area (Å²) in [6.45, 7) is -0.390. The third kappa shape index (κ3) is 5.90. The zero-order valence-electron chi connectivity index (χ0n) is 15.7. The van der Waals surface area contributed by atoms with Gasteiger partial charge in [0.05, 0.1) is 32.7 Å². The fourth-order valence-corrected chi connectivity index (χ4v) is 2.19. The molecule has 0 aromatic heterocycles. The summed E-state index contributed by atoms with van der Waals surface area (Å²) in [5.74, 6) is 0.530. The second-order valence-electron chi connectivity index (χ2n) is 5.31. The first-order valence-corrected chi connectivity index (χ1v) is 8.18. The van der Waals surface area contributed by atoms with Gasteiger partial charge in [-0.25, -0.2) is 0 Å². The molecule has 0 atom stereocenters. The highest BCUT2D eigenvalue weighted by molar-refractivity contribution is 6.31. The number of para-hydroxylation sites is 2. The Bertz CT molecular complexity index is 853. The predicted molar refractivity (Wildman–Crippen MR) is 104 cm³/mol. The zero-order chi connectivity index (χ0) is 20.4. The molecule has 9 nitrogen and oxygen atoms in total. The van der Waals surface area contributed by atoms with Gasteiger partial charge in [0.15, 0.2) is 6.61 Å². The highest BCUT2D eigenvalue weighted by atomic mass is 16.6. The van der Waals surface area contributed by atoms with Gasteiger partial charge in [-0.05, 0) is 24.3 Å². The van der Waals surface area contributed by atoms with Gasteiger partial charge in [-0.1, -0.05) is 17.3 Å². The average molecular weight is 387 g/mol. The molecule has 0 saturated carbocycles. The second-order valence-corrected chi connectivity index (χ2v) is 5.31. The van der Waals surface area contributed by atoms with Crippen molar-refractivity contribution >= 4 is 29.4 Å². The van der Waals surface area contributed by atoms with Crippen LogP contribution in [0.3, 0.4) is 0 Å². The Morgan fingerprint density at radius 2 is 1.64 bits per heavy atom. The van der Waals surface area contributed by atoms with E-state index in [1.54, 1.807) is 42.5 Å². The van der Waals surface area contributed by atoms with Crippen molar-refractivity contribution in [2.24, 2.45) is 5.16 Å². The van der Waals surface area contributed by atoms with Crippen molar-refractivity contribution in [1.82, 2.24) is 0 Å². The summed E-state index contributed by atoms with van der Waals surface area (Å²) in [5.41, 5.74) is 0.914. The lowest BCUT2D eigenvalue weighted by molar-refractivity contribution is -0.120. The van der Waals surface area contributed by atoms with Crippen LogP contribution < -0.4 is 24.8 Å². The second kappa shape index (κ2) is 10.4. The minimum atomic E-state index is -0.528. The number of oxime groups is 1. The van der Waals surface area contributed by atoms with Gasteiger partial charge in [0.1, 0.15) is 23.5 Å². The lowest BCUT2D eigenvalue weighted by atomic mass is 10.2. The molecule has 0 bridgehead atoms. The van der Waals surface area contributed by atoms with Crippen LogP contribution in [-0.4, -0.2) is 46.0 Å². The van der Waals surface area contributed by atoms with Gasteiger partial charge in [-0.15, -0.1) is 0 Å². The average Bonchev–Trinajstić information content (AvgIpc) is 2.71. The molecule has 148 valence electrons. The largest absolute Gasteiger partial charge is 0.497 e. The summed E-state index contributed by atoms with van der Waals surface area (Å²) in [4.78, 5) is 28.7. The standard InChI is InChI=1S/C19H21N3O6/c1-25-13-8-9-17(27-3)15(10-13)22-19(24)12-28-20-11-18(23)21-14-6-4-5-7-16(14)26-2/h4-11H,12H2,1-3H3,(H,21,23)(H,22,24)/b20-11-. The molecule has 2 rings (SSSR count). The molecular weight excluding hydrogens is 366 g/mol. The molecule has 2 amide bonds. The number of nitrogens with one attached hydrogen (secondary N) is 2. The first kappa shape index (κ1) is 20.6. The minimum Gasteiger partial charge on any atom is -0.497 e. The van der Waals surface area contributed by atoms with E-state index in [9.17, 15) is 9.59 Å². The van der Waals surface area contributed by atoms with Gasteiger partial charge in [0, 0.05) is 6.07 Å². The van der Waals surface area contributed by atoms with Crippen molar-refractivity contribution in [3.63, 3.8) is 0 Å². The number of rotatable bonds is 9. The highest BCUT2D eigenvalue weighted by Gasteiger charge is 2.10. The van der Waals surface area contributed by atoms with E-state index in [2.05, 4.69) is 15.8 Å². The maximum atomic E-state index is 12.0. The van der Waals surface area contributed by atoms with E-state index >= 15 is 0 Å². The quantitative estimate of drug-likeness (QED) is 0.505. The van der Waals surface area contributed by atoms with Gasteiger partial charge in [0.25, 0.3) is 11.8 Å². The smallest absolute Gasteiger partial charge is 0.270 e. The van der Waals surface area contributed by atoms with Crippen LogP contribution in [0.1, 0.15) is 0 Å². The lowest BCUT2D eigenvalue weighted by Crippen LogP contribution is -2.18. The first-order valence-electron chi connectivity index (χ1n) is 8.18. The number of carbonyl (C=O) groups excluding carboxylic acids is 2. The van der Waals surface area contributed by atoms with Crippen LogP contribution in [0.4, 0.5) is 11.4 Å². The molecule has 0 aliphatic rings. The van der Waals surface area contributed by atoms with E-state index in [4.69, 9.17) is 19.0 Å². The molecule has 9 heteroatoms. The summed E-state index contributed by atoms with van der Waals surface area (Å²) in [7, 11) is 4.50. The van der Waals surface area contributed by atoms with Gasteiger partial charge < -0.3 is 29.7 Å².